The van der Waals surface area contributed by atoms with Gasteiger partial charge in [0.1, 0.15) is 5.69 Å². The summed E-state index contributed by atoms with van der Waals surface area (Å²) in [6.07, 6.45) is 3.50. The molecule has 1 aromatic heterocycles. The molecule has 0 unspecified atom stereocenters. The molecular formula is C20H20N4O2S. The maximum atomic E-state index is 12.8. The Kier molecular flexibility index (Phi) is 5.93. The molecule has 0 atom stereocenters. The third-order valence-corrected chi connectivity index (χ3v) is 4.68. The first-order valence-corrected chi connectivity index (χ1v) is 9.63. The SMILES string of the molecule is CNC(=O)c1cccc(CNC(=O)c2cnc(SC)n2-c2ccccc2)c1. The number of amides is 2. The summed E-state index contributed by atoms with van der Waals surface area (Å²) in [6, 6.07) is 16.8. The predicted molar refractivity (Wildman–Crippen MR) is 106 cm³/mol. The summed E-state index contributed by atoms with van der Waals surface area (Å²) in [5.74, 6) is -0.382. The number of carbonyl (C=O) groups is 2. The van der Waals surface area contributed by atoms with Crippen molar-refractivity contribution in [1.82, 2.24) is 20.2 Å². The van der Waals surface area contributed by atoms with Crippen molar-refractivity contribution in [3.05, 3.63) is 77.6 Å². The minimum absolute atomic E-state index is 0.157. The van der Waals surface area contributed by atoms with Crippen molar-refractivity contribution in [2.24, 2.45) is 0 Å². The zero-order valence-corrected chi connectivity index (χ0v) is 15.9. The van der Waals surface area contributed by atoms with Crippen molar-refractivity contribution < 1.29 is 9.59 Å². The summed E-state index contributed by atoms with van der Waals surface area (Å²) < 4.78 is 1.83. The van der Waals surface area contributed by atoms with Gasteiger partial charge in [-0.1, -0.05) is 42.1 Å². The molecule has 2 N–H and O–H groups in total. The lowest BCUT2D eigenvalue weighted by atomic mass is 10.1. The van der Waals surface area contributed by atoms with Crippen LogP contribution in [-0.4, -0.2) is 34.7 Å². The van der Waals surface area contributed by atoms with E-state index in [-0.39, 0.29) is 11.8 Å². The minimum atomic E-state index is -0.225. The van der Waals surface area contributed by atoms with E-state index in [4.69, 9.17) is 0 Å². The van der Waals surface area contributed by atoms with Crippen molar-refractivity contribution in [2.45, 2.75) is 11.7 Å². The normalized spacial score (nSPS) is 10.4. The highest BCUT2D eigenvalue weighted by Crippen LogP contribution is 2.21. The molecule has 0 saturated carbocycles. The second-order valence-corrected chi connectivity index (χ2v) is 6.54. The van der Waals surface area contributed by atoms with Gasteiger partial charge in [0.25, 0.3) is 11.8 Å². The van der Waals surface area contributed by atoms with Crippen molar-refractivity contribution in [3.63, 3.8) is 0 Å². The highest BCUT2D eigenvalue weighted by Gasteiger charge is 2.17. The Balaban J connectivity index is 1.80. The summed E-state index contributed by atoms with van der Waals surface area (Å²) in [5.41, 5.74) is 2.75. The fourth-order valence-corrected chi connectivity index (χ4v) is 3.25. The molecule has 0 aliphatic carbocycles. The molecule has 0 bridgehead atoms. The van der Waals surface area contributed by atoms with Crippen LogP contribution in [0.3, 0.4) is 0 Å². The van der Waals surface area contributed by atoms with Crippen LogP contribution in [0.4, 0.5) is 0 Å². The molecule has 0 aliphatic rings. The van der Waals surface area contributed by atoms with Crippen molar-refractivity contribution >= 4 is 23.6 Å². The summed E-state index contributed by atoms with van der Waals surface area (Å²) in [7, 11) is 1.59. The zero-order valence-electron chi connectivity index (χ0n) is 15.1. The Labute approximate surface area is 162 Å². The molecule has 2 amide bonds. The molecule has 2 aromatic carbocycles. The monoisotopic (exact) mass is 380 g/mol. The topological polar surface area (TPSA) is 76.0 Å². The number of nitrogens with zero attached hydrogens (tertiary/aromatic N) is 2. The number of rotatable bonds is 6. The van der Waals surface area contributed by atoms with Gasteiger partial charge < -0.3 is 10.6 Å². The Hall–Kier alpha value is -3.06. The number of carbonyl (C=O) groups excluding carboxylic acids is 2. The third kappa shape index (κ3) is 4.20. The van der Waals surface area contributed by atoms with Crippen LogP contribution in [-0.2, 0) is 6.54 Å². The lowest BCUT2D eigenvalue weighted by Gasteiger charge is -2.11. The lowest BCUT2D eigenvalue weighted by molar-refractivity contribution is 0.0942. The largest absolute Gasteiger partial charge is 0.355 e. The molecule has 1 heterocycles. The average Bonchev–Trinajstić information content (AvgIpc) is 3.16. The number of imidazole rings is 1. The van der Waals surface area contributed by atoms with Gasteiger partial charge in [0.2, 0.25) is 0 Å². The molecule has 0 saturated heterocycles. The van der Waals surface area contributed by atoms with Gasteiger partial charge >= 0.3 is 0 Å². The van der Waals surface area contributed by atoms with E-state index in [1.807, 2.05) is 47.2 Å². The van der Waals surface area contributed by atoms with Crippen LogP contribution in [0.15, 0.2) is 66.0 Å². The number of thioether (sulfide) groups is 1. The fraction of sp³-hybridized carbons (Fsp3) is 0.150. The number of hydrogen-bond donors (Lipinski definition) is 2. The van der Waals surface area contributed by atoms with Gasteiger partial charge in [0.05, 0.1) is 6.20 Å². The van der Waals surface area contributed by atoms with Crippen molar-refractivity contribution in [3.8, 4) is 5.69 Å². The first-order chi connectivity index (χ1) is 13.1. The van der Waals surface area contributed by atoms with Gasteiger partial charge in [0.15, 0.2) is 5.16 Å². The van der Waals surface area contributed by atoms with E-state index in [2.05, 4.69) is 15.6 Å². The van der Waals surface area contributed by atoms with Gasteiger partial charge in [-0.15, -0.1) is 0 Å². The fourth-order valence-electron chi connectivity index (χ4n) is 2.71. The first-order valence-electron chi connectivity index (χ1n) is 8.40. The second-order valence-electron chi connectivity index (χ2n) is 5.76. The molecule has 0 aliphatic heterocycles. The van der Waals surface area contributed by atoms with Gasteiger partial charge in [-0.3, -0.25) is 14.2 Å². The molecule has 3 rings (SSSR count). The first kappa shape index (κ1) is 18.7. The van der Waals surface area contributed by atoms with Crippen LogP contribution in [0, 0.1) is 0 Å². The third-order valence-electron chi connectivity index (χ3n) is 4.03. The highest BCUT2D eigenvalue weighted by molar-refractivity contribution is 7.98. The number of benzene rings is 2. The maximum absolute atomic E-state index is 12.8. The molecule has 138 valence electrons. The summed E-state index contributed by atoms with van der Waals surface area (Å²) in [4.78, 5) is 28.9. The second kappa shape index (κ2) is 8.55. The van der Waals surface area contributed by atoms with E-state index in [0.717, 1.165) is 16.4 Å². The molecule has 0 radical (unpaired) electrons. The lowest BCUT2D eigenvalue weighted by Crippen LogP contribution is -2.25. The molecule has 7 heteroatoms. The quantitative estimate of drug-likeness (QED) is 0.645. The number of aromatic nitrogens is 2. The van der Waals surface area contributed by atoms with Crippen LogP contribution < -0.4 is 10.6 Å². The van der Waals surface area contributed by atoms with Crippen LogP contribution in [0.1, 0.15) is 26.4 Å². The van der Waals surface area contributed by atoms with Crippen LogP contribution >= 0.6 is 11.8 Å². The van der Waals surface area contributed by atoms with E-state index in [1.165, 1.54) is 11.8 Å². The average molecular weight is 380 g/mol. The zero-order chi connectivity index (χ0) is 19.2. The van der Waals surface area contributed by atoms with Crippen LogP contribution in [0.5, 0.6) is 0 Å². The number of hydrogen-bond acceptors (Lipinski definition) is 4. The van der Waals surface area contributed by atoms with E-state index < -0.39 is 0 Å². The number of nitrogens with one attached hydrogen (secondary N) is 2. The Morgan fingerprint density at radius 1 is 1.07 bits per heavy atom. The number of para-hydroxylation sites is 1. The molecule has 0 spiro atoms. The molecule has 0 fully saturated rings. The summed E-state index contributed by atoms with van der Waals surface area (Å²) >= 11 is 1.48. The van der Waals surface area contributed by atoms with E-state index >= 15 is 0 Å². The standard InChI is InChI=1S/C20H20N4O2S/c1-21-18(25)15-8-6-7-14(11-15)12-22-19(26)17-13-23-20(27-2)24(17)16-9-4-3-5-10-16/h3-11,13H,12H2,1-2H3,(H,21,25)(H,22,26). The predicted octanol–water partition coefficient (Wildman–Crippen LogP) is 2.88. The summed E-state index contributed by atoms with van der Waals surface area (Å²) in [6.45, 7) is 0.318. The van der Waals surface area contributed by atoms with Gasteiger partial charge in [-0.05, 0) is 36.1 Å². The molecular weight excluding hydrogens is 360 g/mol. The summed E-state index contributed by atoms with van der Waals surface area (Å²) in [5, 5.41) is 6.24. The Morgan fingerprint density at radius 3 is 2.56 bits per heavy atom. The molecule has 27 heavy (non-hydrogen) atoms. The molecule has 3 aromatic rings. The molecule has 6 nitrogen and oxygen atoms in total. The van der Waals surface area contributed by atoms with E-state index in [0.29, 0.717) is 17.8 Å². The van der Waals surface area contributed by atoms with Crippen molar-refractivity contribution in [2.75, 3.05) is 13.3 Å². The Morgan fingerprint density at radius 2 is 1.85 bits per heavy atom. The highest BCUT2D eigenvalue weighted by atomic mass is 32.2. The minimum Gasteiger partial charge on any atom is -0.355 e. The van der Waals surface area contributed by atoms with E-state index in [1.54, 1.807) is 31.4 Å². The van der Waals surface area contributed by atoms with Crippen LogP contribution in [0.2, 0.25) is 0 Å². The van der Waals surface area contributed by atoms with Gasteiger partial charge in [0, 0.05) is 24.8 Å². The van der Waals surface area contributed by atoms with Gasteiger partial charge in [-0.25, -0.2) is 4.98 Å². The van der Waals surface area contributed by atoms with E-state index in [9.17, 15) is 9.59 Å². The van der Waals surface area contributed by atoms with Gasteiger partial charge in [-0.2, -0.15) is 0 Å². The smallest absolute Gasteiger partial charge is 0.270 e. The maximum Gasteiger partial charge on any atom is 0.270 e. The van der Waals surface area contributed by atoms with Crippen LogP contribution in [0.25, 0.3) is 5.69 Å². The van der Waals surface area contributed by atoms with Crippen molar-refractivity contribution in [1.29, 1.82) is 0 Å². The Bertz CT molecular complexity index is 954.